The molecule has 0 heterocycles. The number of carbonyl (C=O) groups is 3. The summed E-state index contributed by atoms with van der Waals surface area (Å²) in [6, 6.07) is 0. The van der Waals surface area contributed by atoms with Gasteiger partial charge >= 0.3 is 0 Å². The normalized spacial score (nSPS) is 19.2. The van der Waals surface area contributed by atoms with Crippen LogP contribution in [0.15, 0.2) is 0 Å². The van der Waals surface area contributed by atoms with E-state index in [1.165, 1.54) is 0 Å². The topological polar surface area (TPSA) is 403 Å². The van der Waals surface area contributed by atoms with Crippen LogP contribution in [0.1, 0.15) is 45.4 Å². The third kappa shape index (κ3) is 17.7. The first-order valence-corrected chi connectivity index (χ1v) is 16.9. The average molecular weight is 765 g/mol. The number of rotatable bonds is 29. The van der Waals surface area contributed by atoms with Crippen LogP contribution in [0, 0.1) is 0 Å². The Bertz CT molecular complexity index is 900. The zero-order valence-electron chi connectivity index (χ0n) is 29.1. The minimum absolute atomic E-state index is 0.0309. The molecule has 0 aromatic heterocycles. The number of hydrogen-bond acceptors (Lipinski definition) is 19. The van der Waals surface area contributed by atoms with Crippen LogP contribution in [-0.2, 0) is 14.4 Å². The second kappa shape index (κ2) is 25.7. The van der Waals surface area contributed by atoms with Gasteiger partial charge in [-0.1, -0.05) is 6.92 Å². The largest absolute Gasteiger partial charge is 0.394 e. The Kier molecular flexibility index (Phi) is 24.6. The molecule has 0 rings (SSSR count). The number of aliphatic hydroxyl groups is 15. The van der Waals surface area contributed by atoms with Crippen LogP contribution in [0.4, 0.5) is 0 Å². The van der Waals surface area contributed by atoms with E-state index in [4.69, 9.17) is 15.3 Å². The van der Waals surface area contributed by atoms with Crippen molar-refractivity contribution in [3.8, 4) is 0 Å². The highest BCUT2D eigenvalue weighted by Gasteiger charge is 2.35. The van der Waals surface area contributed by atoms with E-state index in [1.807, 2.05) is 0 Å². The maximum atomic E-state index is 12.7. The highest BCUT2D eigenvalue weighted by Crippen LogP contribution is 2.26. The van der Waals surface area contributed by atoms with Crippen LogP contribution >= 0.6 is 0 Å². The van der Waals surface area contributed by atoms with E-state index in [0.29, 0.717) is 0 Å². The molecule has 3 amide bonds. The van der Waals surface area contributed by atoms with Crippen LogP contribution in [0.3, 0.4) is 0 Å². The molecule has 0 spiro atoms. The van der Waals surface area contributed by atoms with Crippen molar-refractivity contribution in [2.45, 2.75) is 124 Å². The van der Waals surface area contributed by atoms with Crippen LogP contribution in [0.5, 0.6) is 0 Å². The fourth-order valence-electron chi connectivity index (χ4n) is 5.05. The Morgan fingerprint density at radius 3 is 0.885 bits per heavy atom. The molecule has 22 nitrogen and oxygen atoms in total. The molecular weight excluding hydrogens is 704 g/mol. The maximum absolute atomic E-state index is 12.7. The summed E-state index contributed by atoms with van der Waals surface area (Å²) in [5, 5.41) is 155. The van der Waals surface area contributed by atoms with Gasteiger partial charge in [-0.3, -0.25) is 14.4 Å². The third-order valence-electron chi connectivity index (χ3n) is 8.54. The van der Waals surface area contributed by atoms with Crippen molar-refractivity contribution in [2.24, 2.45) is 0 Å². The van der Waals surface area contributed by atoms with E-state index in [2.05, 4.69) is 21.3 Å². The van der Waals surface area contributed by atoms with Crippen LogP contribution < -0.4 is 21.3 Å². The lowest BCUT2D eigenvalue weighted by molar-refractivity contribution is -0.126. The molecule has 0 aromatic carbocycles. The van der Waals surface area contributed by atoms with Crippen molar-refractivity contribution in [3.63, 3.8) is 0 Å². The molecule has 19 N–H and O–H groups in total. The van der Waals surface area contributed by atoms with E-state index >= 15 is 0 Å². The molecule has 12 atom stereocenters. The van der Waals surface area contributed by atoms with Gasteiger partial charge in [0.2, 0.25) is 17.7 Å². The molecule has 0 radical (unpaired) electrons. The van der Waals surface area contributed by atoms with E-state index in [-0.39, 0.29) is 45.1 Å². The standard InChI is InChI=1S/C30H60N4O18/c1-2-34-30(6-3-21(44)31-9-15(38)24(47)27(50)18(41)12-35,7-4-22(45)32-10-16(39)25(48)28(51)19(42)13-36)8-5-23(46)33-11-17(40)26(49)29(52)20(43)14-37/h15-20,24-29,34-43,47-52H,2-14H2,1H3,(H,31,44)(H,32,45)(H,33,46)/t15-,16-,17-,18+,19+,20+,24+,25+,26+,27+,28+,29+/m0/s1. The van der Waals surface area contributed by atoms with Gasteiger partial charge in [0.25, 0.3) is 0 Å². The number of aliphatic hydroxyl groups excluding tert-OH is 15. The summed E-state index contributed by atoms with van der Waals surface area (Å²) in [5.41, 5.74) is -1.13. The Morgan fingerprint density at radius 2 is 0.673 bits per heavy atom. The lowest BCUT2D eigenvalue weighted by Crippen LogP contribution is -2.51. The van der Waals surface area contributed by atoms with Crippen molar-refractivity contribution in [2.75, 3.05) is 46.0 Å². The van der Waals surface area contributed by atoms with E-state index in [0.717, 1.165) is 0 Å². The predicted octanol–water partition coefficient (Wildman–Crippen LogP) is -9.67. The molecule has 0 saturated carbocycles. The molecule has 0 aromatic rings. The quantitative estimate of drug-likeness (QED) is 0.0336. The minimum Gasteiger partial charge on any atom is -0.394 e. The molecule has 0 bridgehead atoms. The summed E-state index contributed by atoms with van der Waals surface area (Å²) in [4.78, 5) is 38.2. The van der Waals surface area contributed by atoms with Gasteiger partial charge in [0.05, 0.1) is 38.1 Å². The first kappa shape index (κ1) is 49.8. The molecular formula is C30H60N4O18. The lowest BCUT2D eigenvalue weighted by atomic mass is 9.83. The van der Waals surface area contributed by atoms with Crippen molar-refractivity contribution >= 4 is 17.7 Å². The van der Waals surface area contributed by atoms with Gasteiger partial charge in [0, 0.05) is 44.4 Å². The summed E-state index contributed by atoms with van der Waals surface area (Å²) in [5.74, 6) is -2.00. The SMILES string of the molecule is CCNC(CCC(=O)NC[C@H](O)[C@@H](O)[C@H](O)[C@H](O)CO)(CCC(=O)NC[C@H](O)[C@@H](O)[C@H](O)[C@H](O)CO)CCC(=O)NC[C@H](O)[C@@H](O)[C@H](O)[C@H](O)CO. The minimum atomic E-state index is -1.93. The van der Waals surface area contributed by atoms with Gasteiger partial charge in [-0.05, 0) is 25.8 Å². The monoisotopic (exact) mass is 764 g/mol. The molecule has 52 heavy (non-hydrogen) atoms. The Balaban J connectivity index is 5.65. The number of amides is 3. The fourth-order valence-corrected chi connectivity index (χ4v) is 5.05. The highest BCUT2D eigenvalue weighted by atomic mass is 16.4. The second-order valence-electron chi connectivity index (χ2n) is 12.6. The van der Waals surface area contributed by atoms with Gasteiger partial charge in [-0.25, -0.2) is 0 Å². The zero-order chi connectivity index (χ0) is 40.2. The number of carbonyl (C=O) groups excluding carboxylic acids is 3. The van der Waals surface area contributed by atoms with Gasteiger partial charge in [0.1, 0.15) is 54.9 Å². The Morgan fingerprint density at radius 1 is 0.442 bits per heavy atom. The molecule has 0 unspecified atom stereocenters. The summed E-state index contributed by atoms with van der Waals surface area (Å²) < 4.78 is 0. The smallest absolute Gasteiger partial charge is 0.220 e. The average Bonchev–Trinajstić information content (AvgIpc) is 3.15. The van der Waals surface area contributed by atoms with Crippen LogP contribution in [-0.4, -0.2) is 219 Å². The third-order valence-corrected chi connectivity index (χ3v) is 8.54. The van der Waals surface area contributed by atoms with Gasteiger partial charge < -0.3 is 97.9 Å². The van der Waals surface area contributed by atoms with Crippen LogP contribution in [0.2, 0.25) is 0 Å². The van der Waals surface area contributed by atoms with Crippen molar-refractivity contribution < 1.29 is 91.0 Å². The summed E-state index contributed by atoms with van der Waals surface area (Å²) >= 11 is 0. The van der Waals surface area contributed by atoms with Gasteiger partial charge in [-0.2, -0.15) is 0 Å². The van der Waals surface area contributed by atoms with Gasteiger partial charge in [0.15, 0.2) is 0 Å². The summed E-state index contributed by atoms with van der Waals surface area (Å²) in [6.45, 7) is -2.43. The van der Waals surface area contributed by atoms with Crippen molar-refractivity contribution in [1.82, 2.24) is 21.3 Å². The molecule has 0 aliphatic heterocycles. The molecule has 0 aliphatic carbocycles. The van der Waals surface area contributed by atoms with Gasteiger partial charge in [-0.15, -0.1) is 0 Å². The second-order valence-corrected chi connectivity index (χ2v) is 12.6. The Labute approximate surface area is 300 Å². The first-order chi connectivity index (χ1) is 24.3. The van der Waals surface area contributed by atoms with Crippen LogP contribution in [0.25, 0.3) is 0 Å². The van der Waals surface area contributed by atoms with Crippen molar-refractivity contribution in [3.05, 3.63) is 0 Å². The highest BCUT2D eigenvalue weighted by molar-refractivity contribution is 5.77. The molecule has 0 fully saturated rings. The summed E-state index contributed by atoms with van der Waals surface area (Å²) in [7, 11) is 0. The van der Waals surface area contributed by atoms with E-state index in [9.17, 15) is 75.7 Å². The van der Waals surface area contributed by atoms with E-state index in [1.54, 1.807) is 6.92 Å². The molecule has 308 valence electrons. The molecule has 0 aliphatic rings. The number of hydrogen-bond donors (Lipinski definition) is 19. The summed E-state index contributed by atoms with van der Waals surface area (Å²) in [6.07, 6.45) is -22.9. The predicted molar refractivity (Wildman–Crippen MR) is 176 cm³/mol. The van der Waals surface area contributed by atoms with Crippen molar-refractivity contribution in [1.29, 1.82) is 0 Å². The fraction of sp³-hybridized carbons (Fsp3) is 0.900. The Hall–Kier alpha value is -2.23. The maximum Gasteiger partial charge on any atom is 0.220 e. The lowest BCUT2D eigenvalue weighted by Gasteiger charge is -2.35. The molecule has 0 saturated heterocycles. The van der Waals surface area contributed by atoms with E-state index < -0.39 is 136 Å². The molecule has 22 heteroatoms. The zero-order valence-corrected chi connectivity index (χ0v) is 29.1. The first-order valence-electron chi connectivity index (χ1n) is 16.9. The number of nitrogens with one attached hydrogen (secondary N) is 4.